The minimum atomic E-state index is -1.32. The third-order valence-corrected chi connectivity index (χ3v) is 11.4. The van der Waals surface area contributed by atoms with Crippen LogP contribution in [0.4, 0.5) is 0 Å². The Hall–Kier alpha value is -5.76. The van der Waals surface area contributed by atoms with Gasteiger partial charge < -0.3 is 63.5 Å². The van der Waals surface area contributed by atoms with Crippen molar-refractivity contribution in [1.29, 1.82) is 0 Å². The van der Waals surface area contributed by atoms with E-state index in [1.165, 1.54) is 16.7 Å². The van der Waals surface area contributed by atoms with Crippen molar-refractivity contribution >= 4 is 58.3 Å². The van der Waals surface area contributed by atoms with Crippen LogP contribution >= 0.6 is 0 Å². The van der Waals surface area contributed by atoms with Gasteiger partial charge in [0.25, 0.3) is 0 Å². The van der Waals surface area contributed by atoms with Crippen LogP contribution in [0.25, 0.3) is 10.9 Å². The van der Waals surface area contributed by atoms with E-state index in [0.717, 1.165) is 16.5 Å². The van der Waals surface area contributed by atoms with Gasteiger partial charge in [0, 0.05) is 43.2 Å². The second-order valence-electron chi connectivity index (χ2n) is 17.5. The Balaban J connectivity index is 1.50. The molecule has 2 fully saturated rings. The average molecular weight is 882 g/mol. The largest absolute Gasteiger partial charge is 0.480 e. The molecule has 13 N–H and O–H groups in total. The van der Waals surface area contributed by atoms with E-state index >= 15 is 0 Å². The number of guanidine groups is 1. The van der Waals surface area contributed by atoms with Crippen LogP contribution in [0.3, 0.4) is 0 Å². The summed E-state index contributed by atoms with van der Waals surface area (Å²) in [5.74, 6) is -5.08. The predicted molar refractivity (Wildman–Crippen MR) is 235 cm³/mol. The molecule has 63 heavy (non-hydrogen) atoms. The number of aliphatic carboxylic acids is 1. The molecule has 0 bridgehead atoms. The quantitative estimate of drug-likeness (QED) is 0.0409. The molecule has 4 rings (SSSR count). The van der Waals surface area contributed by atoms with Crippen molar-refractivity contribution in [2.45, 2.75) is 141 Å². The summed E-state index contributed by atoms with van der Waals surface area (Å²) in [7, 11) is 0. The van der Waals surface area contributed by atoms with Crippen LogP contribution in [0.5, 0.6) is 0 Å². The lowest BCUT2D eigenvalue weighted by Gasteiger charge is -2.33. The van der Waals surface area contributed by atoms with Crippen molar-refractivity contribution in [2.75, 3.05) is 19.6 Å². The maximum atomic E-state index is 14.4. The van der Waals surface area contributed by atoms with Gasteiger partial charge in [0.15, 0.2) is 5.96 Å². The molecule has 348 valence electrons. The second kappa shape index (κ2) is 23.1. The molecule has 3 heterocycles. The lowest BCUT2D eigenvalue weighted by atomic mass is 9.99. The van der Waals surface area contributed by atoms with Crippen molar-refractivity contribution in [3.8, 4) is 0 Å². The van der Waals surface area contributed by atoms with E-state index in [4.69, 9.17) is 17.2 Å². The number of nitrogens with zero attached hydrogens (tertiary/aromatic N) is 3. The first-order chi connectivity index (χ1) is 29.8. The minimum Gasteiger partial charge on any atom is -0.480 e. The molecule has 0 saturated carbocycles. The zero-order valence-corrected chi connectivity index (χ0v) is 37.0. The van der Waals surface area contributed by atoms with E-state index in [1.54, 1.807) is 6.20 Å². The molecule has 2 aliphatic heterocycles. The van der Waals surface area contributed by atoms with Crippen molar-refractivity contribution in [3.05, 3.63) is 36.0 Å². The van der Waals surface area contributed by atoms with Crippen LogP contribution in [0, 0.1) is 11.8 Å². The number of fused-ring (bicyclic) bond motifs is 1. The first kappa shape index (κ1) is 49.9. The minimum absolute atomic E-state index is 0.0388. The third-order valence-electron chi connectivity index (χ3n) is 11.4. The number of aromatic nitrogens is 1. The molecule has 20 heteroatoms. The predicted octanol–water partition coefficient (Wildman–Crippen LogP) is -0.430. The molecule has 2 aromatic rings. The number of aromatic amines is 1. The molecule has 0 spiro atoms. The maximum Gasteiger partial charge on any atom is 0.326 e. The molecule has 0 aliphatic carbocycles. The van der Waals surface area contributed by atoms with E-state index in [9.17, 15) is 43.8 Å². The maximum absolute atomic E-state index is 14.4. The summed E-state index contributed by atoms with van der Waals surface area (Å²) in [6.45, 7) is 9.53. The van der Waals surface area contributed by atoms with Crippen molar-refractivity contribution in [3.63, 3.8) is 0 Å². The van der Waals surface area contributed by atoms with E-state index < -0.39 is 89.8 Å². The number of carboxylic acids is 1. The van der Waals surface area contributed by atoms with Gasteiger partial charge in [0.2, 0.25) is 35.4 Å². The van der Waals surface area contributed by atoms with E-state index in [1.807, 2.05) is 52.0 Å². The normalized spacial score (nSPS) is 19.2. The van der Waals surface area contributed by atoms with Crippen LogP contribution < -0.4 is 38.5 Å². The molecular weight excluding hydrogens is 815 g/mol. The SMILES string of the molecule is CC(C)C[C@H](NC(=O)[C@H](Cc1c[nH]c2ccccc12)NC(=O)[C@@H](N)[C@@H](C)O)C(=O)N1CCC[C@H]1C(=O)N[C@@H](CC(C)C)C(=O)N1CCC[C@H]1C(=O)N[C@@H](CCCN=C(N)N)C(=O)O. The number of carboxylic acid groups (broad SMARTS) is 1. The fourth-order valence-corrected chi connectivity index (χ4v) is 8.18. The summed E-state index contributed by atoms with van der Waals surface area (Å²) in [5, 5.41) is 31.6. The molecule has 2 aliphatic rings. The highest BCUT2D eigenvalue weighted by Crippen LogP contribution is 2.25. The number of para-hydroxylation sites is 1. The number of amides is 6. The zero-order valence-electron chi connectivity index (χ0n) is 37.0. The first-order valence-corrected chi connectivity index (χ1v) is 21.9. The number of likely N-dealkylation sites (tertiary alicyclic amines) is 2. The third kappa shape index (κ3) is 13.9. The summed E-state index contributed by atoms with van der Waals surface area (Å²) in [5.41, 5.74) is 18.2. The number of H-pyrrole nitrogens is 1. The van der Waals surface area contributed by atoms with Gasteiger partial charge >= 0.3 is 5.97 Å². The summed E-state index contributed by atoms with van der Waals surface area (Å²) in [4.78, 5) is 105. The number of nitrogens with two attached hydrogens (primary N) is 3. The molecule has 0 unspecified atom stereocenters. The van der Waals surface area contributed by atoms with Crippen molar-refractivity contribution in [2.24, 2.45) is 34.0 Å². The van der Waals surface area contributed by atoms with Crippen molar-refractivity contribution in [1.82, 2.24) is 36.1 Å². The molecule has 2 saturated heterocycles. The van der Waals surface area contributed by atoms with Crippen LogP contribution in [0.2, 0.25) is 0 Å². The molecule has 1 aromatic heterocycles. The fraction of sp³-hybridized carbons (Fsp3) is 0.628. The monoisotopic (exact) mass is 882 g/mol. The molecule has 0 radical (unpaired) electrons. The second-order valence-corrected chi connectivity index (χ2v) is 17.5. The van der Waals surface area contributed by atoms with Crippen LogP contribution in [0.1, 0.15) is 91.5 Å². The van der Waals surface area contributed by atoms with Crippen molar-refractivity contribution < 1.29 is 43.8 Å². The smallest absolute Gasteiger partial charge is 0.326 e. The van der Waals surface area contributed by atoms with Crippen LogP contribution in [0.15, 0.2) is 35.5 Å². The number of hydrogen-bond acceptors (Lipinski definition) is 10. The van der Waals surface area contributed by atoms with E-state index in [0.29, 0.717) is 32.1 Å². The summed E-state index contributed by atoms with van der Waals surface area (Å²) >= 11 is 0. The number of hydrogen-bond donors (Lipinski definition) is 10. The Kier molecular flexibility index (Phi) is 18.3. The number of aliphatic hydroxyl groups is 1. The van der Waals surface area contributed by atoms with Gasteiger partial charge in [-0.1, -0.05) is 45.9 Å². The van der Waals surface area contributed by atoms with Gasteiger partial charge in [-0.15, -0.1) is 0 Å². The van der Waals surface area contributed by atoms with Gasteiger partial charge in [0.1, 0.15) is 42.3 Å². The molecule has 6 amide bonds. The lowest BCUT2D eigenvalue weighted by molar-refractivity contribution is -0.146. The fourth-order valence-electron chi connectivity index (χ4n) is 8.18. The standard InChI is InChI=1S/C43H67N11O9/c1-23(2)19-31(51-36(56)30(50-39(59)35(44)25(5)55)21-26-22-48-28-12-7-6-11-27(26)28)40(60)54-18-10-15-34(54)38(58)52-32(20-24(3)4)41(61)53-17-9-14-33(53)37(57)49-29(42(62)63)13-8-16-47-43(45)46/h6-7,11-12,22-25,29-35,48,55H,8-10,13-21,44H2,1-5H3,(H,49,57)(H,50,59)(H,51,56)(H,52,58)(H,62,63)(H4,45,46,47)/t25-,29+,30+,31+,32+,33+,34+,35+/m1/s1. The van der Waals surface area contributed by atoms with Gasteiger partial charge in [-0.25, -0.2) is 4.79 Å². The van der Waals surface area contributed by atoms with Crippen LogP contribution in [-0.2, 0) is 40.0 Å². The highest BCUT2D eigenvalue weighted by molar-refractivity contribution is 5.98. The molecular formula is C43H67N11O9. The number of rotatable bonds is 22. The molecule has 8 atom stereocenters. The highest BCUT2D eigenvalue weighted by atomic mass is 16.4. The van der Waals surface area contributed by atoms with Gasteiger partial charge in [-0.3, -0.25) is 33.8 Å². The summed E-state index contributed by atoms with van der Waals surface area (Å²) in [6, 6.07) is -0.338. The number of aliphatic imine (C=N–C) groups is 1. The number of benzene rings is 1. The van der Waals surface area contributed by atoms with Gasteiger partial charge in [-0.2, -0.15) is 0 Å². The molecule has 1 aromatic carbocycles. The van der Waals surface area contributed by atoms with Gasteiger partial charge in [-0.05, 0) is 81.8 Å². The Morgan fingerprint density at radius 3 is 1.83 bits per heavy atom. The number of nitrogens with one attached hydrogen (secondary N) is 5. The molecule has 20 nitrogen and oxygen atoms in total. The number of aliphatic hydroxyl groups excluding tert-OH is 1. The van der Waals surface area contributed by atoms with Crippen LogP contribution in [-0.4, -0.2) is 140 Å². The first-order valence-electron chi connectivity index (χ1n) is 21.9. The van der Waals surface area contributed by atoms with E-state index in [2.05, 4.69) is 31.2 Å². The summed E-state index contributed by atoms with van der Waals surface area (Å²) < 4.78 is 0. The topological polar surface area (TPSA) is 321 Å². The number of carbonyl (C=O) groups is 7. The Morgan fingerprint density at radius 1 is 0.778 bits per heavy atom. The average Bonchev–Trinajstić information content (AvgIpc) is 4.00. The summed E-state index contributed by atoms with van der Waals surface area (Å²) in [6.07, 6.45) is 2.94. The Bertz CT molecular complexity index is 1960. The van der Waals surface area contributed by atoms with E-state index in [-0.39, 0.29) is 63.1 Å². The Labute approximate surface area is 367 Å². The zero-order chi connectivity index (χ0) is 46.5. The number of carbonyl (C=O) groups excluding carboxylic acids is 6. The highest BCUT2D eigenvalue weighted by Gasteiger charge is 2.43. The van der Waals surface area contributed by atoms with Gasteiger partial charge in [0.05, 0.1) is 6.10 Å². The lowest BCUT2D eigenvalue weighted by Crippen LogP contribution is -2.60. The Morgan fingerprint density at radius 2 is 1.30 bits per heavy atom.